The van der Waals surface area contributed by atoms with Crippen molar-refractivity contribution in [3.63, 3.8) is 0 Å². The molecule has 6 nitrogen and oxygen atoms in total. The van der Waals surface area contributed by atoms with Gasteiger partial charge >= 0.3 is 0 Å². The Kier molecular flexibility index (Phi) is 6.44. The van der Waals surface area contributed by atoms with Crippen LogP contribution in [-0.4, -0.2) is 30.2 Å². The molecule has 1 fully saturated rings. The van der Waals surface area contributed by atoms with E-state index >= 15 is 0 Å². The Morgan fingerprint density at radius 2 is 2.00 bits per heavy atom. The van der Waals surface area contributed by atoms with Crippen molar-refractivity contribution in [3.8, 4) is 5.88 Å². The van der Waals surface area contributed by atoms with Gasteiger partial charge in [0.1, 0.15) is 11.4 Å². The van der Waals surface area contributed by atoms with Crippen LogP contribution in [0.4, 0.5) is 5.69 Å². The lowest BCUT2D eigenvalue weighted by molar-refractivity contribution is -0.185. The normalized spacial score (nSPS) is 16.3. The van der Waals surface area contributed by atoms with E-state index in [1.807, 2.05) is 40.7 Å². The lowest BCUT2D eigenvalue weighted by Crippen LogP contribution is -2.29. The van der Waals surface area contributed by atoms with Gasteiger partial charge < -0.3 is 19.5 Å². The molecular weight excluding hydrogens is 423 g/mol. The summed E-state index contributed by atoms with van der Waals surface area (Å²) in [6, 6.07) is 1.86. The lowest BCUT2D eigenvalue weighted by Gasteiger charge is -2.25. The number of aromatic nitrogens is 1. The third-order valence-corrected chi connectivity index (χ3v) is 4.14. The van der Waals surface area contributed by atoms with Crippen LogP contribution < -0.4 is 10.1 Å². The van der Waals surface area contributed by atoms with Crippen molar-refractivity contribution in [1.29, 1.82) is 0 Å². The minimum Gasteiger partial charge on any atom is -0.473 e. The number of ether oxygens (including phenoxy) is 3. The van der Waals surface area contributed by atoms with Gasteiger partial charge in [-0.05, 0) is 48.9 Å². The molecule has 1 aromatic heterocycles. The highest BCUT2D eigenvalue weighted by Gasteiger charge is 2.27. The molecule has 0 atom stereocenters. The van der Waals surface area contributed by atoms with Crippen molar-refractivity contribution < 1.29 is 19.0 Å². The van der Waals surface area contributed by atoms with Gasteiger partial charge in [-0.1, -0.05) is 20.8 Å². The average molecular weight is 448 g/mol. The van der Waals surface area contributed by atoms with Gasteiger partial charge in [-0.25, -0.2) is 4.98 Å². The van der Waals surface area contributed by atoms with Gasteiger partial charge in [-0.3, -0.25) is 4.79 Å². The molecule has 0 spiro atoms. The van der Waals surface area contributed by atoms with Crippen LogP contribution in [-0.2, 0) is 14.3 Å². The minimum absolute atomic E-state index is 0.0676. The number of rotatable bonds is 4. The van der Waals surface area contributed by atoms with E-state index in [9.17, 15) is 4.79 Å². The van der Waals surface area contributed by atoms with Crippen molar-refractivity contribution in [2.24, 2.45) is 5.41 Å². The molecule has 0 bridgehead atoms. The first kappa shape index (κ1) is 19.4. The van der Waals surface area contributed by atoms with E-state index in [1.165, 1.54) is 0 Å². The SMILES string of the molecule is CC(C)Oc1nc(C2OCCCO2)cc(I)c1NC(=O)C(C)(C)C. The van der Waals surface area contributed by atoms with Gasteiger partial charge in [-0.2, -0.15) is 0 Å². The number of hydrogen-bond donors (Lipinski definition) is 1. The van der Waals surface area contributed by atoms with Crippen LogP contribution >= 0.6 is 22.6 Å². The number of pyridine rings is 1. The summed E-state index contributed by atoms with van der Waals surface area (Å²) < 4.78 is 17.9. The van der Waals surface area contributed by atoms with E-state index in [0.717, 1.165) is 9.99 Å². The Morgan fingerprint density at radius 1 is 1.38 bits per heavy atom. The highest BCUT2D eigenvalue weighted by molar-refractivity contribution is 14.1. The molecular formula is C17H25IN2O4. The monoisotopic (exact) mass is 448 g/mol. The van der Waals surface area contributed by atoms with E-state index in [4.69, 9.17) is 14.2 Å². The maximum atomic E-state index is 12.4. The Bertz CT molecular complexity index is 593. The quantitative estimate of drug-likeness (QED) is 0.708. The summed E-state index contributed by atoms with van der Waals surface area (Å²) in [4.78, 5) is 16.9. The number of carbonyl (C=O) groups excluding carboxylic acids is 1. The Balaban J connectivity index is 2.36. The van der Waals surface area contributed by atoms with Gasteiger partial charge in [0.25, 0.3) is 0 Å². The second-order valence-corrected chi connectivity index (χ2v) is 8.17. The highest BCUT2D eigenvalue weighted by atomic mass is 127. The van der Waals surface area contributed by atoms with Crippen LogP contribution in [0.15, 0.2) is 6.07 Å². The lowest BCUT2D eigenvalue weighted by atomic mass is 9.95. The molecule has 1 aliphatic rings. The molecule has 0 saturated carbocycles. The van der Waals surface area contributed by atoms with Crippen molar-refractivity contribution in [3.05, 3.63) is 15.3 Å². The third kappa shape index (κ3) is 5.03. The molecule has 7 heteroatoms. The summed E-state index contributed by atoms with van der Waals surface area (Å²) in [6.45, 7) is 10.7. The summed E-state index contributed by atoms with van der Waals surface area (Å²) in [6.07, 6.45) is 0.319. The van der Waals surface area contributed by atoms with E-state index in [0.29, 0.717) is 30.5 Å². The Hall–Kier alpha value is -0.930. The van der Waals surface area contributed by atoms with Gasteiger partial charge in [0.15, 0.2) is 0 Å². The second kappa shape index (κ2) is 7.97. The number of hydrogen-bond acceptors (Lipinski definition) is 5. The topological polar surface area (TPSA) is 69.7 Å². The summed E-state index contributed by atoms with van der Waals surface area (Å²) >= 11 is 2.17. The maximum Gasteiger partial charge on any atom is 0.239 e. The molecule has 1 amide bonds. The standard InChI is InChI=1S/C17H25IN2O4/c1-10(2)24-14-13(20-16(21)17(3,4)5)11(18)9-12(19-14)15-22-7-6-8-23-15/h9-10,15H,6-8H2,1-5H3,(H,20,21). The van der Waals surface area contributed by atoms with Gasteiger partial charge in [-0.15, -0.1) is 0 Å². The zero-order valence-electron chi connectivity index (χ0n) is 14.8. The smallest absolute Gasteiger partial charge is 0.239 e. The number of carbonyl (C=O) groups is 1. The Morgan fingerprint density at radius 3 is 2.54 bits per heavy atom. The minimum atomic E-state index is -0.507. The first-order valence-corrected chi connectivity index (χ1v) is 9.18. The average Bonchev–Trinajstić information content (AvgIpc) is 2.49. The fourth-order valence-electron chi connectivity index (χ4n) is 2.01. The molecule has 1 aromatic rings. The van der Waals surface area contributed by atoms with Crippen molar-refractivity contribution in [1.82, 2.24) is 4.98 Å². The van der Waals surface area contributed by atoms with Gasteiger partial charge in [0.05, 0.1) is 19.3 Å². The van der Waals surface area contributed by atoms with E-state index < -0.39 is 11.7 Å². The van der Waals surface area contributed by atoms with Crippen molar-refractivity contribution in [2.45, 2.75) is 53.4 Å². The number of anilines is 1. The zero-order chi connectivity index (χ0) is 17.9. The Labute approximate surface area is 156 Å². The summed E-state index contributed by atoms with van der Waals surface area (Å²) in [5, 5.41) is 2.94. The van der Waals surface area contributed by atoms with Crippen LogP contribution in [0.1, 0.15) is 53.0 Å². The molecule has 24 heavy (non-hydrogen) atoms. The maximum absolute atomic E-state index is 12.4. The summed E-state index contributed by atoms with van der Waals surface area (Å²) in [5.41, 5.74) is 0.735. The van der Waals surface area contributed by atoms with Crippen LogP contribution in [0.2, 0.25) is 0 Å². The predicted octanol–water partition coefficient (Wildman–Crippen LogP) is 3.89. The summed E-state index contributed by atoms with van der Waals surface area (Å²) in [5.74, 6) is 0.302. The first-order valence-electron chi connectivity index (χ1n) is 8.10. The second-order valence-electron chi connectivity index (χ2n) is 7.01. The highest BCUT2D eigenvalue weighted by Crippen LogP contribution is 2.34. The van der Waals surface area contributed by atoms with Crippen LogP contribution in [0.5, 0.6) is 5.88 Å². The van der Waals surface area contributed by atoms with Crippen LogP contribution in [0.25, 0.3) is 0 Å². The van der Waals surface area contributed by atoms with Crippen LogP contribution in [0.3, 0.4) is 0 Å². The van der Waals surface area contributed by atoms with Crippen molar-refractivity contribution in [2.75, 3.05) is 18.5 Å². The first-order chi connectivity index (χ1) is 11.2. The number of nitrogens with zero attached hydrogens (tertiary/aromatic N) is 1. The zero-order valence-corrected chi connectivity index (χ0v) is 17.0. The van der Waals surface area contributed by atoms with Gasteiger partial charge in [0.2, 0.25) is 18.1 Å². The van der Waals surface area contributed by atoms with E-state index in [2.05, 4.69) is 32.9 Å². The number of amides is 1. The fourth-order valence-corrected chi connectivity index (χ4v) is 2.70. The number of nitrogens with one attached hydrogen (secondary N) is 1. The summed E-state index contributed by atoms with van der Waals surface area (Å²) in [7, 11) is 0. The molecule has 0 radical (unpaired) electrons. The molecule has 2 heterocycles. The molecule has 0 unspecified atom stereocenters. The molecule has 1 N–H and O–H groups in total. The predicted molar refractivity (Wildman–Crippen MR) is 100 cm³/mol. The number of halogens is 1. The van der Waals surface area contributed by atoms with Crippen LogP contribution in [0, 0.1) is 8.99 Å². The molecule has 134 valence electrons. The molecule has 1 saturated heterocycles. The molecule has 0 aliphatic carbocycles. The largest absolute Gasteiger partial charge is 0.473 e. The molecule has 0 aromatic carbocycles. The third-order valence-electron chi connectivity index (χ3n) is 3.29. The van der Waals surface area contributed by atoms with Gasteiger partial charge in [0, 0.05) is 8.99 Å². The molecule has 1 aliphatic heterocycles. The molecule has 2 rings (SSSR count). The van der Waals surface area contributed by atoms with E-state index in [-0.39, 0.29) is 12.0 Å². The van der Waals surface area contributed by atoms with E-state index in [1.54, 1.807) is 0 Å². The van der Waals surface area contributed by atoms with Crippen molar-refractivity contribution >= 4 is 34.2 Å². The fraction of sp³-hybridized carbons (Fsp3) is 0.647.